The van der Waals surface area contributed by atoms with Gasteiger partial charge in [0.05, 0.1) is 24.4 Å². The Morgan fingerprint density at radius 3 is 3.06 bits per heavy atom. The van der Waals surface area contributed by atoms with Crippen LogP contribution in [0.2, 0.25) is 0 Å². The molecule has 0 spiro atoms. The van der Waals surface area contributed by atoms with E-state index in [0.717, 1.165) is 28.8 Å². The zero-order valence-electron chi connectivity index (χ0n) is 9.59. The van der Waals surface area contributed by atoms with Crippen molar-refractivity contribution in [2.75, 3.05) is 12.3 Å². The van der Waals surface area contributed by atoms with Gasteiger partial charge in [0, 0.05) is 23.1 Å². The first-order chi connectivity index (χ1) is 8.16. The highest BCUT2D eigenvalue weighted by atomic mass is 19.1. The predicted octanol–water partition coefficient (Wildman–Crippen LogP) is 2.34. The van der Waals surface area contributed by atoms with Gasteiger partial charge in [0.2, 0.25) is 0 Å². The van der Waals surface area contributed by atoms with Crippen molar-refractivity contribution in [1.82, 2.24) is 4.98 Å². The molecule has 1 aliphatic heterocycles. The molecule has 0 fully saturated rings. The number of pyridine rings is 1. The van der Waals surface area contributed by atoms with Crippen molar-refractivity contribution in [3.05, 3.63) is 34.8 Å². The lowest BCUT2D eigenvalue weighted by molar-refractivity contribution is 0.110. The largest absolute Gasteiger partial charge is 0.398 e. The van der Waals surface area contributed by atoms with Gasteiger partial charge in [-0.2, -0.15) is 0 Å². The Morgan fingerprint density at radius 2 is 2.24 bits per heavy atom. The number of fused-ring (bicyclic) bond motifs is 2. The zero-order chi connectivity index (χ0) is 12.0. The Hall–Kier alpha value is -1.68. The normalized spacial score (nSPS) is 14.9. The molecule has 0 aliphatic carbocycles. The van der Waals surface area contributed by atoms with Gasteiger partial charge in [-0.1, -0.05) is 0 Å². The van der Waals surface area contributed by atoms with Crippen LogP contribution in [0.3, 0.4) is 0 Å². The van der Waals surface area contributed by atoms with E-state index in [2.05, 4.69) is 4.98 Å². The second-order valence-electron chi connectivity index (χ2n) is 4.37. The Morgan fingerprint density at radius 1 is 1.41 bits per heavy atom. The van der Waals surface area contributed by atoms with Gasteiger partial charge in [-0.3, -0.25) is 4.98 Å². The molecule has 88 valence electrons. The van der Waals surface area contributed by atoms with E-state index in [9.17, 15) is 4.39 Å². The molecule has 1 aliphatic rings. The molecule has 0 saturated carbocycles. The van der Waals surface area contributed by atoms with E-state index in [1.807, 2.05) is 6.92 Å². The molecule has 1 aromatic carbocycles. The van der Waals surface area contributed by atoms with Crippen molar-refractivity contribution >= 4 is 16.6 Å². The van der Waals surface area contributed by atoms with Crippen LogP contribution < -0.4 is 5.73 Å². The van der Waals surface area contributed by atoms with Crippen LogP contribution >= 0.6 is 0 Å². The quantitative estimate of drug-likeness (QED) is 0.758. The number of nitrogens with zero attached hydrogens (tertiary/aromatic N) is 1. The molecule has 0 atom stereocenters. The van der Waals surface area contributed by atoms with Crippen molar-refractivity contribution < 1.29 is 9.13 Å². The lowest BCUT2D eigenvalue weighted by atomic mass is 10.0. The maximum absolute atomic E-state index is 13.4. The third-order valence-corrected chi connectivity index (χ3v) is 3.21. The molecule has 0 saturated heterocycles. The lowest BCUT2D eigenvalue weighted by Gasteiger charge is -2.19. The highest BCUT2D eigenvalue weighted by Gasteiger charge is 2.18. The molecular formula is C13H13FN2O. The Bertz CT molecular complexity index is 610. The van der Waals surface area contributed by atoms with Crippen molar-refractivity contribution in [1.29, 1.82) is 0 Å². The molecule has 2 heterocycles. The van der Waals surface area contributed by atoms with E-state index in [4.69, 9.17) is 10.5 Å². The van der Waals surface area contributed by atoms with E-state index in [-0.39, 0.29) is 5.82 Å². The highest BCUT2D eigenvalue weighted by Crippen LogP contribution is 2.31. The van der Waals surface area contributed by atoms with Crippen LogP contribution in [-0.4, -0.2) is 11.6 Å². The summed E-state index contributed by atoms with van der Waals surface area (Å²) in [5.74, 6) is -0.278. The molecule has 2 aromatic rings. The van der Waals surface area contributed by atoms with Gasteiger partial charge in [-0.15, -0.1) is 0 Å². The minimum Gasteiger partial charge on any atom is -0.398 e. The molecule has 0 unspecified atom stereocenters. The van der Waals surface area contributed by atoms with E-state index < -0.39 is 0 Å². The number of aryl methyl sites for hydroxylation is 1. The summed E-state index contributed by atoms with van der Waals surface area (Å²) in [6.45, 7) is 2.99. The third-order valence-electron chi connectivity index (χ3n) is 3.21. The Kier molecular flexibility index (Phi) is 2.26. The fourth-order valence-corrected chi connectivity index (χ4v) is 2.32. The highest BCUT2D eigenvalue weighted by molar-refractivity contribution is 5.94. The second kappa shape index (κ2) is 3.67. The SMILES string of the molecule is Cc1cc(F)cc2c(N)c3c(nc12)CCOC3. The summed E-state index contributed by atoms with van der Waals surface area (Å²) in [7, 11) is 0. The standard InChI is InChI=1S/C13H13FN2O/c1-7-4-8(14)5-9-12(15)10-6-17-3-2-11(10)16-13(7)9/h4-5H,2-3,6H2,1H3,(H2,15,16). The first-order valence-corrected chi connectivity index (χ1v) is 5.61. The minimum atomic E-state index is -0.278. The van der Waals surface area contributed by atoms with Crippen LogP contribution in [0.5, 0.6) is 0 Å². The van der Waals surface area contributed by atoms with Crippen LogP contribution in [0.4, 0.5) is 10.1 Å². The van der Waals surface area contributed by atoms with Gasteiger partial charge in [0.1, 0.15) is 5.82 Å². The summed E-state index contributed by atoms with van der Waals surface area (Å²) < 4.78 is 18.8. The maximum atomic E-state index is 13.4. The Labute approximate surface area is 98.4 Å². The summed E-state index contributed by atoms with van der Waals surface area (Å²) in [5.41, 5.74) is 10.2. The van der Waals surface area contributed by atoms with Crippen molar-refractivity contribution in [2.45, 2.75) is 20.0 Å². The number of ether oxygens (including phenoxy) is 1. The Balaban J connectivity index is 2.40. The van der Waals surface area contributed by atoms with Gasteiger partial charge in [-0.25, -0.2) is 4.39 Å². The first-order valence-electron chi connectivity index (χ1n) is 5.61. The number of halogens is 1. The monoisotopic (exact) mass is 232 g/mol. The van der Waals surface area contributed by atoms with Crippen LogP contribution in [0.25, 0.3) is 10.9 Å². The van der Waals surface area contributed by atoms with Crippen molar-refractivity contribution in [3.8, 4) is 0 Å². The summed E-state index contributed by atoms with van der Waals surface area (Å²) >= 11 is 0. The first kappa shape index (κ1) is 10.5. The topological polar surface area (TPSA) is 48.1 Å². The number of nitrogen functional groups attached to an aromatic ring is 1. The fraction of sp³-hybridized carbons (Fsp3) is 0.308. The number of hydrogen-bond acceptors (Lipinski definition) is 3. The number of nitrogens with two attached hydrogens (primary N) is 1. The van der Waals surface area contributed by atoms with Crippen LogP contribution in [0.1, 0.15) is 16.8 Å². The number of rotatable bonds is 0. The summed E-state index contributed by atoms with van der Waals surface area (Å²) in [6, 6.07) is 2.93. The molecular weight excluding hydrogens is 219 g/mol. The van der Waals surface area contributed by atoms with Gasteiger partial charge in [0.25, 0.3) is 0 Å². The molecule has 1 aromatic heterocycles. The average Bonchev–Trinajstić information content (AvgIpc) is 2.31. The molecule has 0 amide bonds. The van der Waals surface area contributed by atoms with E-state index >= 15 is 0 Å². The summed E-state index contributed by atoms with van der Waals surface area (Å²) in [6.07, 6.45) is 0.770. The predicted molar refractivity (Wildman–Crippen MR) is 64.2 cm³/mol. The number of hydrogen-bond donors (Lipinski definition) is 1. The van der Waals surface area contributed by atoms with Crippen molar-refractivity contribution in [2.24, 2.45) is 0 Å². The number of benzene rings is 1. The van der Waals surface area contributed by atoms with E-state index in [0.29, 0.717) is 24.3 Å². The van der Waals surface area contributed by atoms with Crippen molar-refractivity contribution in [3.63, 3.8) is 0 Å². The smallest absolute Gasteiger partial charge is 0.124 e. The van der Waals surface area contributed by atoms with Gasteiger partial charge >= 0.3 is 0 Å². The number of aromatic nitrogens is 1. The second-order valence-corrected chi connectivity index (χ2v) is 4.37. The van der Waals surface area contributed by atoms with E-state index in [1.165, 1.54) is 12.1 Å². The average molecular weight is 232 g/mol. The fourth-order valence-electron chi connectivity index (χ4n) is 2.32. The van der Waals surface area contributed by atoms with E-state index in [1.54, 1.807) is 0 Å². The lowest BCUT2D eigenvalue weighted by Crippen LogP contribution is -2.14. The molecule has 3 rings (SSSR count). The van der Waals surface area contributed by atoms with Gasteiger partial charge in [0.15, 0.2) is 0 Å². The molecule has 2 N–H and O–H groups in total. The van der Waals surface area contributed by atoms with Gasteiger partial charge < -0.3 is 10.5 Å². The zero-order valence-corrected chi connectivity index (χ0v) is 9.59. The molecule has 4 heteroatoms. The maximum Gasteiger partial charge on any atom is 0.124 e. The number of anilines is 1. The molecule has 0 bridgehead atoms. The summed E-state index contributed by atoms with van der Waals surface area (Å²) in [4.78, 5) is 4.59. The molecule has 3 nitrogen and oxygen atoms in total. The third kappa shape index (κ3) is 1.56. The van der Waals surface area contributed by atoms with Crippen LogP contribution in [0.15, 0.2) is 12.1 Å². The van der Waals surface area contributed by atoms with Crippen LogP contribution in [-0.2, 0) is 17.8 Å². The minimum absolute atomic E-state index is 0.278. The molecule has 17 heavy (non-hydrogen) atoms. The molecule has 0 radical (unpaired) electrons. The van der Waals surface area contributed by atoms with Crippen LogP contribution in [0, 0.1) is 12.7 Å². The summed E-state index contributed by atoms with van der Waals surface area (Å²) in [5, 5.41) is 0.687. The van der Waals surface area contributed by atoms with Gasteiger partial charge in [-0.05, 0) is 24.6 Å².